The van der Waals surface area contributed by atoms with Crippen LogP contribution in [0, 0.1) is 11.8 Å². The molecule has 0 spiro atoms. The third-order valence-electron chi connectivity index (χ3n) is 3.05. The Morgan fingerprint density at radius 3 is 2.38 bits per heavy atom. The van der Waals surface area contributed by atoms with E-state index >= 15 is 0 Å². The van der Waals surface area contributed by atoms with Gasteiger partial charge in [-0.25, -0.2) is 0 Å². The molecule has 1 rings (SSSR count). The Hall–Kier alpha value is -0.610. The first-order valence-corrected chi connectivity index (χ1v) is 5.93. The third kappa shape index (κ3) is 3.76. The van der Waals surface area contributed by atoms with E-state index in [4.69, 9.17) is 9.47 Å². The maximum absolute atomic E-state index is 11.6. The van der Waals surface area contributed by atoms with E-state index in [1.807, 2.05) is 13.8 Å². The predicted molar refractivity (Wildman–Crippen MR) is 62.2 cm³/mol. The van der Waals surface area contributed by atoms with Gasteiger partial charge in [-0.2, -0.15) is 0 Å². The van der Waals surface area contributed by atoms with Gasteiger partial charge in [-0.15, -0.1) is 0 Å². The van der Waals surface area contributed by atoms with Crippen LogP contribution >= 0.6 is 0 Å². The van der Waals surface area contributed by atoms with E-state index in [-0.39, 0.29) is 24.0 Å². The molecule has 4 heteroatoms. The van der Waals surface area contributed by atoms with Crippen LogP contribution in [0.2, 0.25) is 0 Å². The number of hydrogen-bond acceptors (Lipinski definition) is 4. The van der Waals surface area contributed by atoms with Gasteiger partial charge in [0.15, 0.2) is 0 Å². The highest BCUT2D eigenvalue weighted by Gasteiger charge is 2.35. The SMILES string of the molecule is COCC(N[C@H](C(=O)OC)C(C)C)C1CC1. The van der Waals surface area contributed by atoms with Crippen molar-refractivity contribution < 1.29 is 14.3 Å². The Morgan fingerprint density at radius 2 is 2.00 bits per heavy atom. The molecule has 0 aromatic heterocycles. The average molecular weight is 229 g/mol. The minimum atomic E-state index is -0.231. The third-order valence-corrected chi connectivity index (χ3v) is 3.05. The van der Waals surface area contributed by atoms with Gasteiger partial charge in [0, 0.05) is 13.2 Å². The Labute approximate surface area is 97.7 Å². The molecule has 0 heterocycles. The fourth-order valence-corrected chi connectivity index (χ4v) is 1.89. The van der Waals surface area contributed by atoms with Crippen LogP contribution in [0.3, 0.4) is 0 Å². The zero-order valence-electron chi connectivity index (χ0n) is 10.7. The van der Waals surface area contributed by atoms with Crippen LogP contribution in [0.15, 0.2) is 0 Å². The number of esters is 1. The van der Waals surface area contributed by atoms with E-state index in [1.165, 1.54) is 20.0 Å². The summed E-state index contributed by atoms with van der Waals surface area (Å²) in [5.41, 5.74) is 0. The molecule has 1 N–H and O–H groups in total. The summed E-state index contributed by atoms with van der Waals surface area (Å²) in [7, 11) is 3.13. The summed E-state index contributed by atoms with van der Waals surface area (Å²) in [4.78, 5) is 11.6. The minimum absolute atomic E-state index is 0.184. The first-order valence-electron chi connectivity index (χ1n) is 5.93. The molecule has 0 aliphatic heterocycles. The zero-order chi connectivity index (χ0) is 12.1. The van der Waals surface area contributed by atoms with Crippen LogP contribution in [0.4, 0.5) is 0 Å². The lowest BCUT2D eigenvalue weighted by Gasteiger charge is -2.26. The molecule has 1 aliphatic rings. The van der Waals surface area contributed by atoms with Crippen molar-refractivity contribution in [2.24, 2.45) is 11.8 Å². The van der Waals surface area contributed by atoms with Crippen LogP contribution in [0.1, 0.15) is 26.7 Å². The summed E-state index contributed by atoms with van der Waals surface area (Å²) in [5.74, 6) is 0.702. The number of ether oxygens (including phenoxy) is 2. The van der Waals surface area contributed by atoms with Crippen LogP contribution < -0.4 is 5.32 Å². The summed E-state index contributed by atoms with van der Waals surface area (Å²) >= 11 is 0. The van der Waals surface area contributed by atoms with Gasteiger partial charge in [0.1, 0.15) is 6.04 Å². The van der Waals surface area contributed by atoms with Crippen molar-refractivity contribution in [1.82, 2.24) is 5.32 Å². The van der Waals surface area contributed by atoms with Crippen molar-refractivity contribution in [3.63, 3.8) is 0 Å². The van der Waals surface area contributed by atoms with Gasteiger partial charge >= 0.3 is 5.97 Å². The Balaban J connectivity index is 2.53. The second kappa shape index (κ2) is 6.21. The molecule has 4 nitrogen and oxygen atoms in total. The highest BCUT2D eigenvalue weighted by atomic mass is 16.5. The number of carbonyl (C=O) groups excluding carboxylic acids is 1. The molecule has 1 unspecified atom stereocenters. The number of methoxy groups -OCH3 is 2. The molecule has 0 aromatic rings. The smallest absolute Gasteiger partial charge is 0.323 e. The highest BCUT2D eigenvalue weighted by Crippen LogP contribution is 2.33. The van der Waals surface area contributed by atoms with E-state index < -0.39 is 0 Å². The summed E-state index contributed by atoms with van der Waals surface area (Å²) < 4.78 is 10.00. The molecule has 0 saturated heterocycles. The van der Waals surface area contributed by atoms with Crippen molar-refractivity contribution in [2.45, 2.75) is 38.8 Å². The molecule has 94 valence electrons. The summed E-state index contributed by atoms with van der Waals surface area (Å²) in [5, 5.41) is 3.37. The predicted octanol–water partition coefficient (Wildman–Crippen LogP) is 1.20. The summed E-state index contributed by atoms with van der Waals surface area (Å²) in [6.45, 7) is 4.70. The van der Waals surface area contributed by atoms with Gasteiger partial charge in [-0.1, -0.05) is 13.8 Å². The van der Waals surface area contributed by atoms with E-state index in [2.05, 4.69) is 5.32 Å². The van der Waals surface area contributed by atoms with Crippen LogP contribution in [-0.4, -0.2) is 38.9 Å². The standard InChI is InChI=1S/C12H23NO3/c1-8(2)11(12(14)16-4)13-10(7-15-3)9-5-6-9/h8-11,13H,5-7H2,1-4H3/t10?,11-/m0/s1. The molecule has 1 fully saturated rings. The fraction of sp³-hybridized carbons (Fsp3) is 0.917. The molecular formula is C12H23NO3. The normalized spacial score (nSPS) is 19.6. The lowest BCUT2D eigenvalue weighted by atomic mass is 10.0. The molecule has 0 amide bonds. The maximum Gasteiger partial charge on any atom is 0.323 e. The van der Waals surface area contributed by atoms with Gasteiger partial charge in [0.05, 0.1) is 13.7 Å². The second-order valence-electron chi connectivity index (χ2n) is 4.81. The molecule has 1 saturated carbocycles. The van der Waals surface area contributed by atoms with E-state index in [0.717, 1.165) is 0 Å². The zero-order valence-corrected chi connectivity index (χ0v) is 10.7. The van der Waals surface area contributed by atoms with E-state index in [1.54, 1.807) is 7.11 Å². The van der Waals surface area contributed by atoms with Gasteiger partial charge in [-0.05, 0) is 24.7 Å². The van der Waals surface area contributed by atoms with Crippen molar-refractivity contribution in [3.8, 4) is 0 Å². The van der Waals surface area contributed by atoms with E-state index in [9.17, 15) is 4.79 Å². The second-order valence-corrected chi connectivity index (χ2v) is 4.81. The Kier molecular flexibility index (Phi) is 5.22. The van der Waals surface area contributed by atoms with Gasteiger partial charge in [-0.3, -0.25) is 10.1 Å². The summed E-state index contributed by atoms with van der Waals surface area (Å²) in [6.07, 6.45) is 2.46. The Morgan fingerprint density at radius 1 is 1.38 bits per heavy atom. The lowest BCUT2D eigenvalue weighted by Crippen LogP contribution is -2.49. The number of carbonyl (C=O) groups is 1. The van der Waals surface area contributed by atoms with Crippen molar-refractivity contribution in [1.29, 1.82) is 0 Å². The highest BCUT2D eigenvalue weighted by molar-refractivity contribution is 5.76. The van der Waals surface area contributed by atoms with Crippen LogP contribution in [0.5, 0.6) is 0 Å². The van der Waals surface area contributed by atoms with Gasteiger partial charge in [0.2, 0.25) is 0 Å². The minimum Gasteiger partial charge on any atom is -0.468 e. The van der Waals surface area contributed by atoms with E-state index in [0.29, 0.717) is 12.5 Å². The molecule has 0 radical (unpaired) electrons. The molecule has 0 bridgehead atoms. The molecule has 16 heavy (non-hydrogen) atoms. The molecule has 0 aromatic carbocycles. The van der Waals surface area contributed by atoms with Gasteiger partial charge < -0.3 is 9.47 Å². The Bertz CT molecular complexity index is 226. The van der Waals surface area contributed by atoms with Crippen molar-refractivity contribution in [2.75, 3.05) is 20.8 Å². The number of rotatable bonds is 7. The first-order chi connectivity index (χ1) is 7.60. The quantitative estimate of drug-likeness (QED) is 0.666. The lowest BCUT2D eigenvalue weighted by molar-refractivity contribution is -0.144. The molecular weight excluding hydrogens is 206 g/mol. The molecule has 2 atom stereocenters. The summed E-state index contributed by atoms with van der Waals surface area (Å²) in [6, 6.07) is 0.0437. The van der Waals surface area contributed by atoms with Crippen molar-refractivity contribution >= 4 is 5.97 Å². The fourth-order valence-electron chi connectivity index (χ4n) is 1.89. The maximum atomic E-state index is 11.6. The monoisotopic (exact) mass is 229 g/mol. The topological polar surface area (TPSA) is 47.6 Å². The van der Waals surface area contributed by atoms with Crippen LogP contribution in [0.25, 0.3) is 0 Å². The number of nitrogens with one attached hydrogen (secondary N) is 1. The van der Waals surface area contributed by atoms with Crippen LogP contribution in [-0.2, 0) is 14.3 Å². The molecule has 1 aliphatic carbocycles. The number of hydrogen-bond donors (Lipinski definition) is 1. The average Bonchev–Trinajstić information content (AvgIpc) is 3.06. The van der Waals surface area contributed by atoms with Crippen molar-refractivity contribution in [3.05, 3.63) is 0 Å². The largest absolute Gasteiger partial charge is 0.468 e. The first kappa shape index (κ1) is 13.5. The van der Waals surface area contributed by atoms with Gasteiger partial charge in [0.25, 0.3) is 0 Å².